The average molecular weight is 362 g/mol. The fraction of sp³-hybridized carbons (Fsp3) is 0.0400. The van der Waals surface area contributed by atoms with Crippen molar-refractivity contribution < 1.29 is 4.74 Å². The number of nitrogens with zero attached hydrogens (tertiary/aromatic N) is 2. The van der Waals surface area contributed by atoms with Gasteiger partial charge in [-0.05, 0) is 40.1 Å². The third-order valence-corrected chi connectivity index (χ3v) is 5.04. The van der Waals surface area contributed by atoms with Gasteiger partial charge >= 0.3 is 0 Å². The van der Waals surface area contributed by atoms with Crippen molar-refractivity contribution in [1.29, 1.82) is 0 Å². The minimum Gasteiger partial charge on any atom is -0.497 e. The lowest BCUT2D eigenvalue weighted by Gasteiger charge is -2.12. The number of benzene rings is 4. The lowest BCUT2D eigenvalue weighted by atomic mass is 9.95. The van der Waals surface area contributed by atoms with Gasteiger partial charge in [0.1, 0.15) is 5.75 Å². The van der Waals surface area contributed by atoms with E-state index in [1.54, 1.807) is 7.11 Å². The molecule has 0 N–H and O–H groups in total. The van der Waals surface area contributed by atoms with E-state index in [-0.39, 0.29) is 0 Å². The molecule has 0 aliphatic heterocycles. The van der Waals surface area contributed by atoms with Crippen LogP contribution in [0.25, 0.3) is 44.2 Å². The second-order valence-corrected chi connectivity index (χ2v) is 6.69. The number of fused-ring (bicyclic) bond motifs is 3. The Morgan fingerprint density at radius 1 is 0.679 bits per heavy atom. The van der Waals surface area contributed by atoms with Gasteiger partial charge in [0.15, 0.2) is 5.82 Å². The molecule has 1 aromatic heterocycles. The minimum absolute atomic E-state index is 0.740. The summed E-state index contributed by atoms with van der Waals surface area (Å²) in [5.74, 6) is 1.59. The summed E-state index contributed by atoms with van der Waals surface area (Å²) >= 11 is 0. The van der Waals surface area contributed by atoms with Crippen molar-refractivity contribution >= 4 is 21.7 Å². The van der Waals surface area contributed by atoms with Gasteiger partial charge in [0.05, 0.1) is 12.6 Å². The van der Waals surface area contributed by atoms with Crippen LogP contribution < -0.4 is 4.74 Å². The van der Waals surface area contributed by atoms with Crippen LogP contribution in [0.2, 0.25) is 0 Å². The van der Waals surface area contributed by atoms with Gasteiger partial charge < -0.3 is 4.74 Å². The lowest BCUT2D eigenvalue weighted by Crippen LogP contribution is -1.92. The minimum atomic E-state index is 0.740. The maximum atomic E-state index is 5.31. The summed E-state index contributed by atoms with van der Waals surface area (Å²) in [6.07, 6.45) is 1.94. The second kappa shape index (κ2) is 6.78. The summed E-state index contributed by atoms with van der Waals surface area (Å²) in [6.45, 7) is 0. The van der Waals surface area contributed by atoms with Crippen molar-refractivity contribution in [3.05, 3.63) is 91.1 Å². The molecular formula is C25H18N2O. The molecule has 5 aromatic rings. The molecule has 0 saturated heterocycles. The molecule has 0 spiro atoms. The topological polar surface area (TPSA) is 35.0 Å². The Hall–Kier alpha value is -3.72. The van der Waals surface area contributed by atoms with Crippen molar-refractivity contribution in [2.24, 2.45) is 0 Å². The van der Waals surface area contributed by atoms with Crippen molar-refractivity contribution in [1.82, 2.24) is 9.97 Å². The smallest absolute Gasteiger partial charge is 0.159 e. The van der Waals surface area contributed by atoms with Gasteiger partial charge in [-0.25, -0.2) is 9.97 Å². The molecule has 0 saturated carbocycles. The van der Waals surface area contributed by atoms with E-state index in [0.29, 0.717) is 0 Å². The number of hydrogen-bond donors (Lipinski definition) is 0. The van der Waals surface area contributed by atoms with Crippen LogP contribution in [0.1, 0.15) is 0 Å². The molecule has 134 valence electrons. The van der Waals surface area contributed by atoms with Gasteiger partial charge in [-0.2, -0.15) is 0 Å². The molecule has 5 rings (SSSR count). The molecular weight excluding hydrogens is 344 g/mol. The number of methoxy groups -OCH3 is 1. The first kappa shape index (κ1) is 16.5. The Morgan fingerprint density at radius 2 is 1.39 bits per heavy atom. The number of hydrogen-bond acceptors (Lipinski definition) is 3. The van der Waals surface area contributed by atoms with Gasteiger partial charge in [0.25, 0.3) is 0 Å². The van der Waals surface area contributed by atoms with Crippen LogP contribution in [0.5, 0.6) is 5.75 Å². The first-order valence-electron chi connectivity index (χ1n) is 9.22. The maximum Gasteiger partial charge on any atom is 0.159 e. The maximum absolute atomic E-state index is 5.31. The largest absolute Gasteiger partial charge is 0.497 e. The van der Waals surface area contributed by atoms with Crippen molar-refractivity contribution in [3.8, 4) is 28.3 Å². The zero-order valence-electron chi connectivity index (χ0n) is 15.5. The molecule has 1 heterocycles. The van der Waals surface area contributed by atoms with E-state index < -0.39 is 0 Å². The molecule has 0 radical (unpaired) electrons. The van der Waals surface area contributed by atoms with Gasteiger partial charge in [-0.3, -0.25) is 0 Å². The van der Waals surface area contributed by atoms with Crippen LogP contribution in [-0.2, 0) is 0 Å². The molecule has 3 heteroatoms. The third kappa shape index (κ3) is 2.78. The Kier molecular flexibility index (Phi) is 3.99. The number of ether oxygens (including phenoxy) is 1. The first-order chi connectivity index (χ1) is 13.8. The van der Waals surface area contributed by atoms with Crippen molar-refractivity contribution in [2.75, 3.05) is 7.11 Å². The van der Waals surface area contributed by atoms with Crippen LogP contribution >= 0.6 is 0 Å². The zero-order chi connectivity index (χ0) is 18.9. The summed E-state index contributed by atoms with van der Waals surface area (Å²) in [5, 5.41) is 3.41. The second-order valence-electron chi connectivity index (χ2n) is 6.69. The molecule has 0 unspecified atom stereocenters. The van der Waals surface area contributed by atoms with Crippen LogP contribution in [0, 0.1) is 0 Å². The Balaban J connectivity index is 1.78. The number of rotatable bonds is 3. The molecule has 0 aliphatic rings. The van der Waals surface area contributed by atoms with Crippen LogP contribution in [0.15, 0.2) is 91.1 Å². The Bertz CT molecular complexity index is 1280. The standard InChI is InChI=1S/C25H18N2O/c1-28-19-13-11-17(12-14-19)22-15-24-23(21-10-6-5-9-20(21)22)16-26-25(27-24)18-7-3-2-4-8-18/h2-16H,1H3. The molecule has 0 atom stereocenters. The highest BCUT2D eigenvalue weighted by molar-refractivity contribution is 6.12. The van der Waals surface area contributed by atoms with Crippen LogP contribution in [0.4, 0.5) is 0 Å². The molecule has 3 nitrogen and oxygen atoms in total. The fourth-order valence-corrected chi connectivity index (χ4v) is 3.62. The highest BCUT2D eigenvalue weighted by Gasteiger charge is 2.11. The molecule has 0 aliphatic carbocycles. The molecule has 0 fully saturated rings. The average Bonchev–Trinajstić information content (AvgIpc) is 2.79. The normalized spacial score (nSPS) is 11.0. The van der Waals surface area contributed by atoms with Crippen LogP contribution in [0.3, 0.4) is 0 Å². The first-order valence-corrected chi connectivity index (χ1v) is 9.22. The molecule has 0 amide bonds. The van der Waals surface area contributed by atoms with E-state index in [0.717, 1.165) is 44.6 Å². The molecule has 0 bridgehead atoms. The van der Waals surface area contributed by atoms with E-state index >= 15 is 0 Å². The number of aromatic nitrogens is 2. The van der Waals surface area contributed by atoms with Gasteiger partial charge in [-0.1, -0.05) is 66.7 Å². The predicted molar refractivity (Wildman–Crippen MR) is 114 cm³/mol. The Labute approximate surface area is 163 Å². The van der Waals surface area contributed by atoms with E-state index in [9.17, 15) is 0 Å². The fourth-order valence-electron chi connectivity index (χ4n) is 3.62. The van der Waals surface area contributed by atoms with Crippen molar-refractivity contribution in [2.45, 2.75) is 0 Å². The van der Waals surface area contributed by atoms with Crippen LogP contribution in [-0.4, -0.2) is 17.1 Å². The van der Waals surface area contributed by atoms with Gasteiger partial charge in [-0.15, -0.1) is 0 Å². The Morgan fingerprint density at radius 3 is 2.14 bits per heavy atom. The lowest BCUT2D eigenvalue weighted by molar-refractivity contribution is 0.415. The quantitative estimate of drug-likeness (QED) is 0.362. The highest BCUT2D eigenvalue weighted by Crippen LogP contribution is 2.35. The third-order valence-electron chi connectivity index (χ3n) is 5.04. The summed E-state index contributed by atoms with van der Waals surface area (Å²) in [4.78, 5) is 9.50. The van der Waals surface area contributed by atoms with Gasteiger partial charge in [0.2, 0.25) is 0 Å². The monoisotopic (exact) mass is 362 g/mol. The summed E-state index contributed by atoms with van der Waals surface area (Å²) in [6, 6.07) is 28.8. The highest BCUT2D eigenvalue weighted by atomic mass is 16.5. The van der Waals surface area contributed by atoms with E-state index in [1.807, 2.05) is 48.7 Å². The molecule has 4 aromatic carbocycles. The van der Waals surface area contributed by atoms with E-state index in [1.165, 1.54) is 5.39 Å². The summed E-state index contributed by atoms with van der Waals surface area (Å²) in [5.41, 5.74) is 4.25. The zero-order valence-corrected chi connectivity index (χ0v) is 15.5. The van der Waals surface area contributed by atoms with Crippen molar-refractivity contribution in [3.63, 3.8) is 0 Å². The molecule has 28 heavy (non-hydrogen) atoms. The summed E-state index contributed by atoms with van der Waals surface area (Å²) < 4.78 is 5.31. The summed E-state index contributed by atoms with van der Waals surface area (Å²) in [7, 11) is 1.68. The SMILES string of the molecule is COc1ccc(-c2cc3nc(-c4ccccc4)ncc3c3ccccc23)cc1. The van der Waals surface area contributed by atoms with Gasteiger partial charge in [0, 0.05) is 17.1 Å². The van der Waals surface area contributed by atoms with E-state index in [4.69, 9.17) is 9.72 Å². The van der Waals surface area contributed by atoms with E-state index in [2.05, 4.69) is 47.4 Å². The predicted octanol–water partition coefficient (Wildman–Crippen LogP) is 6.13.